The lowest BCUT2D eigenvalue weighted by atomic mass is 9.97. The van der Waals surface area contributed by atoms with Gasteiger partial charge in [0.1, 0.15) is 5.82 Å². The molecule has 0 aromatic heterocycles. The molecule has 1 aromatic rings. The Kier molecular flexibility index (Phi) is 6.57. The highest BCUT2D eigenvalue weighted by Gasteiger charge is 2.31. The smallest absolute Gasteiger partial charge is 0.310 e. The summed E-state index contributed by atoms with van der Waals surface area (Å²) in [4.78, 5) is 26.3. The first kappa shape index (κ1) is 18.7. The van der Waals surface area contributed by atoms with E-state index in [-0.39, 0.29) is 22.8 Å². The lowest BCUT2D eigenvalue weighted by Crippen LogP contribution is -2.48. The van der Waals surface area contributed by atoms with Gasteiger partial charge < -0.3 is 10.1 Å². The van der Waals surface area contributed by atoms with E-state index < -0.39 is 11.9 Å². The normalized spacial score (nSPS) is 19.6. The fourth-order valence-electron chi connectivity index (χ4n) is 2.80. The van der Waals surface area contributed by atoms with Crippen molar-refractivity contribution < 1.29 is 18.7 Å². The van der Waals surface area contributed by atoms with Crippen LogP contribution in [0.3, 0.4) is 0 Å². The van der Waals surface area contributed by atoms with Crippen LogP contribution in [0.4, 0.5) is 10.1 Å². The standard InChI is InChI=1S/C17H22ClFN2O3/c1-3-24-17(23)12-5-4-8-21(10-12)11(2)16(22)20-13-6-7-15(19)14(18)9-13/h6-7,9,11-12H,3-5,8,10H2,1-2H3,(H,20,22)/t11-,12-/m0/s1. The number of anilines is 1. The van der Waals surface area contributed by atoms with Gasteiger partial charge in [-0.2, -0.15) is 0 Å². The van der Waals surface area contributed by atoms with E-state index in [4.69, 9.17) is 16.3 Å². The Morgan fingerprint density at radius 2 is 2.25 bits per heavy atom. The van der Waals surface area contributed by atoms with Gasteiger partial charge in [0, 0.05) is 12.2 Å². The molecular formula is C17H22ClFN2O3. The number of benzene rings is 1. The van der Waals surface area contributed by atoms with Crippen molar-refractivity contribution in [2.75, 3.05) is 25.0 Å². The van der Waals surface area contributed by atoms with Crippen molar-refractivity contribution in [1.82, 2.24) is 4.90 Å². The van der Waals surface area contributed by atoms with Gasteiger partial charge in [-0.1, -0.05) is 11.6 Å². The maximum atomic E-state index is 13.2. The zero-order valence-corrected chi connectivity index (χ0v) is 14.6. The first-order valence-electron chi connectivity index (χ1n) is 8.09. The van der Waals surface area contributed by atoms with E-state index >= 15 is 0 Å². The summed E-state index contributed by atoms with van der Waals surface area (Å²) in [5.74, 6) is -1.16. The molecule has 132 valence electrons. The van der Waals surface area contributed by atoms with Gasteiger partial charge in [-0.05, 0) is 51.4 Å². The van der Waals surface area contributed by atoms with Crippen molar-refractivity contribution in [3.8, 4) is 0 Å². The van der Waals surface area contributed by atoms with Gasteiger partial charge in [0.2, 0.25) is 5.91 Å². The summed E-state index contributed by atoms with van der Waals surface area (Å²) >= 11 is 5.72. The Bertz CT molecular complexity index is 611. The first-order valence-corrected chi connectivity index (χ1v) is 8.46. The maximum Gasteiger partial charge on any atom is 0.310 e. The van der Waals surface area contributed by atoms with Crippen LogP contribution in [0.15, 0.2) is 18.2 Å². The summed E-state index contributed by atoms with van der Waals surface area (Å²) in [6.07, 6.45) is 1.61. The minimum absolute atomic E-state index is 0.0409. The molecule has 1 aromatic carbocycles. The van der Waals surface area contributed by atoms with E-state index in [0.717, 1.165) is 19.4 Å². The molecule has 1 aliphatic heterocycles. The third-order valence-electron chi connectivity index (χ3n) is 4.19. The molecule has 2 atom stereocenters. The van der Waals surface area contributed by atoms with Crippen molar-refractivity contribution in [2.45, 2.75) is 32.7 Å². The number of piperidine rings is 1. The monoisotopic (exact) mass is 356 g/mol. The fourth-order valence-corrected chi connectivity index (χ4v) is 2.98. The van der Waals surface area contributed by atoms with Crippen LogP contribution in [0.1, 0.15) is 26.7 Å². The van der Waals surface area contributed by atoms with Crippen LogP contribution in [0.5, 0.6) is 0 Å². The van der Waals surface area contributed by atoms with E-state index in [2.05, 4.69) is 5.32 Å². The summed E-state index contributed by atoms with van der Waals surface area (Å²) in [7, 11) is 0. The van der Waals surface area contributed by atoms with Crippen LogP contribution in [0.2, 0.25) is 5.02 Å². The van der Waals surface area contributed by atoms with E-state index in [1.807, 2.05) is 4.90 Å². The molecule has 1 amide bonds. The molecule has 1 fully saturated rings. The highest BCUT2D eigenvalue weighted by atomic mass is 35.5. The molecule has 5 nitrogen and oxygen atoms in total. The second kappa shape index (κ2) is 8.44. The quantitative estimate of drug-likeness (QED) is 0.824. The Morgan fingerprint density at radius 1 is 1.50 bits per heavy atom. The van der Waals surface area contributed by atoms with E-state index in [9.17, 15) is 14.0 Å². The number of halogens is 2. The molecule has 0 bridgehead atoms. The molecule has 1 heterocycles. The third kappa shape index (κ3) is 4.68. The van der Waals surface area contributed by atoms with Crippen LogP contribution in [0.25, 0.3) is 0 Å². The van der Waals surface area contributed by atoms with E-state index in [1.165, 1.54) is 18.2 Å². The molecule has 7 heteroatoms. The molecule has 24 heavy (non-hydrogen) atoms. The van der Waals surface area contributed by atoms with E-state index in [0.29, 0.717) is 18.8 Å². The highest BCUT2D eigenvalue weighted by molar-refractivity contribution is 6.31. The highest BCUT2D eigenvalue weighted by Crippen LogP contribution is 2.22. The fraction of sp³-hybridized carbons (Fsp3) is 0.529. The van der Waals surface area contributed by atoms with Crippen molar-refractivity contribution in [2.24, 2.45) is 5.92 Å². The molecule has 1 aliphatic rings. The number of hydrogen-bond donors (Lipinski definition) is 1. The zero-order chi connectivity index (χ0) is 17.7. The van der Waals surface area contributed by atoms with Crippen molar-refractivity contribution >= 4 is 29.2 Å². The van der Waals surface area contributed by atoms with Gasteiger partial charge in [0.05, 0.1) is 23.6 Å². The molecular weight excluding hydrogens is 335 g/mol. The summed E-state index contributed by atoms with van der Waals surface area (Å²) < 4.78 is 18.2. The van der Waals surface area contributed by atoms with Crippen LogP contribution in [0, 0.1) is 11.7 Å². The molecule has 0 spiro atoms. The predicted molar refractivity (Wildman–Crippen MR) is 90.4 cm³/mol. The third-order valence-corrected chi connectivity index (χ3v) is 4.48. The molecule has 1 saturated heterocycles. The summed E-state index contributed by atoms with van der Waals surface area (Å²) in [6, 6.07) is 3.63. The molecule has 0 unspecified atom stereocenters. The number of esters is 1. The first-order chi connectivity index (χ1) is 11.4. The number of carbonyl (C=O) groups excluding carboxylic acids is 2. The molecule has 0 aliphatic carbocycles. The topological polar surface area (TPSA) is 58.6 Å². The number of nitrogens with one attached hydrogen (secondary N) is 1. The minimum Gasteiger partial charge on any atom is -0.466 e. The number of carbonyl (C=O) groups is 2. The zero-order valence-electron chi connectivity index (χ0n) is 13.9. The van der Waals surface area contributed by atoms with Crippen LogP contribution < -0.4 is 5.32 Å². The number of nitrogens with zero attached hydrogens (tertiary/aromatic N) is 1. The lowest BCUT2D eigenvalue weighted by molar-refractivity contribution is -0.150. The van der Waals surface area contributed by atoms with Gasteiger partial charge in [0.25, 0.3) is 0 Å². The number of rotatable bonds is 5. The number of hydrogen-bond acceptors (Lipinski definition) is 4. The minimum atomic E-state index is -0.531. The van der Waals surface area contributed by atoms with Crippen LogP contribution in [-0.2, 0) is 14.3 Å². The summed E-state index contributed by atoms with van der Waals surface area (Å²) in [6.45, 7) is 5.17. The maximum absolute atomic E-state index is 13.2. The van der Waals surface area contributed by atoms with Gasteiger partial charge in [-0.15, -0.1) is 0 Å². The average Bonchev–Trinajstić information content (AvgIpc) is 2.57. The second-order valence-electron chi connectivity index (χ2n) is 5.88. The van der Waals surface area contributed by atoms with Gasteiger partial charge in [0.15, 0.2) is 0 Å². The largest absolute Gasteiger partial charge is 0.466 e. The average molecular weight is 357 g/mol. The predicted octanol–water partition coefficient (Wildman–Crippen LogP) is 3.08. The van der Waals surface area contributed by atoms with Crippen molar-refractivity contribution in [1.29, 1.82) is 0 Å². The Labute approximate surface area is 146 Å². The second-order valence-corrected chi connectivity index (χ2v) is 6.29. The number of amides is 1. The van der Waals surface area contributed by atoms with Gasteiger partial charge in [-0.25, -0.2) is 4.39 Å². The number of likely N-dealkylation sites (tertiary alicyclic amines) is 1. The van der Waals surface area contributed by atoms with Gasteiger partial charge >= 0.3 is 5.97 Å². The lowest BCUT2D eigenvalue weighted by Gasteiger charge is -2.35. The molecule has 0 saturated carbocycles. The summed E-state index contributed by atoms with van der Waals surface area (Å²) in [5.41, 5.74) is 0.442. The van der Waals surface area contributed by atoms with Crippen molar-refractivity contribution in [3.05, 3.63) is 29.0 Å². The van der Waals surface area contributed by atoms with Crippen LogP contribution >= 0.6 is 11.6 Å². The Balaban J connectivity index is 1.96. The van der Waals surface area contributed by atoms with Crippen LogP contribution in [-0.4, -0.2) is 42.5 Å². The molecule has 2 rings (SSSR count). The van der Waals surface area contributed by atoms with Crippen molar-refractivity contribution in [3.63, 3.8) is 0 Å². The van der Waals surface area contributed by atoms with Gasteiger partial charge in [-0.3, -0.25) is 14.5 Å². The SMILES string of the molecule is CCOC(=O)[C@H]1CCCN([C@@H](C)C(=O)Nc2ccc(F)c(Cl)c2)C1. The summed E-state index contributed by atoms with van der Waals surface area (Å²) in [5, 5.41) is 2.69. The molecule has 1 N–H and O–H groups in total. The number of ether oxygens (including phenoxy) is 1. The molecule has 0 radical (unpaired) electrons. The Hall–Kier alpha value is -1.66. The van der Waals surface area contributed by atoms with E-state index in [1.54, 1.807) is 13.8 Å². The Morgan fingerprint density at radius 3 is 2.92 bits per heavy atom.